The minimum absolute atomic E-state index is 0.364. The van der Waals surface area contributed by atoms with Crippen molar-refractivity contribution in [2.75, 3.05) is 0 Å². The Kier molecular flexibility index (Phi) is 2.20. The maximum absolute atomic E-state index is 2.36. The molecule has 1 heterocycles. The summed E-state index contributed by atoms with van der Waals surface area (Å²) in [4.78, 5) is 0. The molecule has 7 rings (SSSR count). The van der Waals surface area contributed by atoms with Gasteiger partial charge >= 0.3 is 0 Å². The molecule has 3 aliphatic carbocycles. The number of nitrogens with zero attached hydrogens (tertiary/aromatic N) is 1. The van der Waals surface area contributed by atoms with Crippen LogP contribution in [0.1, 0.15) is 45.2 Å². The molecule has 4 aromatic rings. The molecule has 0 saturated heterocycles. The highest BCUT2D eigenvalue weighted by molar-refractivity contribution is 5.89. The molecule has 0 radical (unpaired) electrons. The second-order valence-electron chi connectivity index (χ2n) is 7.05. The first-order valence-corrected chi connectivity index (χ1v) is 8.60. The van der Waals surface area contributed by atoms with Gasteiger partial charge in [-0.05, 0) is 45.5 Å². The van der Waals surface area contributed by atoms with Gasteiger partial charge in [0.2, 0.25) is 0 Å². The Hall–Kier alpha value is -2.80. The summed E-state index contributed by atoms with van der Waals surface area (Å²) >= 11 is 0. The SMILES string of the molecule is Cn1ccc2c3c(ccc21)C1c2ccccc2C3c2ccccc21. The zero-order valence-corrected chi connectivity index (χ0v) is 13.5. The fourth-order valence-electron chi connectivity index (χ4n) is 5.02. The van der Waals surface area contributed by atoms with Crippen LogP contribution >= 0.6 is 0 Å². The predicted octanol–water partition coefficient (Wildman–Crippen LogP) is 5.17. The van der Waals surface area contributed by atoms with Crippen LogP contribution in [0.25, 0.3) is 10.9 Å². The highest BCUT2D eigenvalue weighted by Gasteiger charge is 2.41. The lowest BCUT2D eigenvalue weighted by Gasteiger charge is -2.42. The summed E-state index contributed by atoms with van der Waals surface area (Å²) in [5, 5.41) is 1.41. The van der Waals surface area contributed by atoms with E-state index in [9.17, 15) is 0 Å². The van der Waals surface area contributed by atoms with E-state index < -0.39 is 0 Å². The fourth-order valence-corrected chi connectivity index (χ4v) is 5.02. The molecule has 1 aromatic heterocycles. The van der Waals surface area contributed by atoms with Crippen LogP contribution in [0.15, 0.2) is 72.9 Å². The molecular formula is C23H17N. The van der Waals surface area contributed by atoms with E-state index >= 15 is 0 Å². The highest BCUT2D eigenvalue weighted by atomic mass is 14.9. The van der Waals surface area contributed by atoms with Gasteiger partial charge in [0.1, 0.15) is 0 Å². The Balaban J connectivity index is 1.80. The first kappa shape index (κ1) is 12.6. The van der Waals surface area contributed by atoms with Crippen LogP contribution in [0, 0.1) is 0 Å². The van der Waals surface area contributed by atoms with E-state index in [4.69, 9.17) is 0 Å². The number of rotatable bonds is 0. The molecule has 24 heavy (non-hydrogen) atoms. The van der Waals surface area contributed by atoms with Crippen molar-refractivity contribution in [3.05, 3.63) is 106 Å². The van der Waals surface area contributed by atoms with Crippen molar-refractivity contribution in [3.8, 4) is 0 Å². The summed E-state index contributed by atoms with van der Waals surface area (Å²) in [7, 11) is 2.14. The average molecular weight is 307 g/mol. The summed E-state index contributed by atoms with van der Waals surface area (Å²) in [6.07, 6.45) is 2.19. The summed E-state index contributed by atoms with van der Waals surface area (Å²) in [5.74, 6) is 0.741. The zero-order valence-electron chi connectivity index (χ0n) is 13.5. The predicted molar refractivity (Wildman–Crippen MR) is 97.7 cm³/mol. The van der Waals surface area contributed by atoms with E-state index in [2.05, 4.69) is 84.5 Å². The number of hydrogen-bond donors (Lipinski definition) is 0. The van der Waals surface area contributed by atoms with Gasteiger partial charge in [-0.3, -0.25) is 0 Å². The molecule has 0 saturated carbocycles. The Morgan fingerprint density at radius 1 is 0.625 bits per heavy atom. The van der Waals surface area contributed by atoms with E-state index in [1.165, 1.54) is 44.3 Å². The van der Waals surface area contributed by atoms with E-state index in [-0.39, 0.29) is 0 Å². The summed E-state index contributed by atoms with van der Waals surface area (Å²) < 4.78 is 2.23. The van der Waals surface area contributed by atoms with E-state index in [1.807, 2.05) is 0 Å². The first-order valence-electron chi connectivity index (χ1n) is 8.60. The van der Waals surface area contributed by atoms with Crippen LogP contribution in [-0.2, 0) is 7.05 Å². The average Bonchev–Trinajstić information content (AvgIpc) is 3.02. The number of benzene rings is 3. The molecule has 0 unspecified atom stereocenters. The second kappa shape index (κ2) is 4.18. The lowest BCUT2D eigenvalue weighted by Crippen LogP contribution is -2.27. The molecule has 114 valence electrons. The lowest BCUT2D eigenvalue weighted by molar-refractivity contribution is 0.760. The van der Waals surface area contributed by atoms with Crippen molar-refractivity contribution in [1.82, 2.24) is 4.57 Å². The van der Waals surface area contributed by atoms with Crippen LogP contribution in [0.3, 0.4) is 0 Å². The molecule has 2 bridgehead atoms. The monoisotopic (exact) mass is 307 g/mol. The third-order valence-electron chi connectivity index (χ3n) is 5.98. The van der Waals surface area contributed by atoms with Crippen LogP contribution in [-0.4, -0.2) is 4.57 Å². The molecule has 1 nitrogen and oxygen atoms in total. The standard InChI is InChI=1S/C23H17N/c1-24-13-12-18-20(24)11-10-19-21-14-6-2-4-8-16(14)22(23(18)19)17-9-5-3-7-15(17)21/h2-13,21-22H,1H3. The number of aryl methyl sites for hydroxylation is 1. The van der Waals surface area contributed by atoms with Crippen LogP contribution < -0.4 is 0 Å². The van der Waals surface area contributed by atoms with Gasteiger partial charge in [0.25, 0.3) is 0 Å². The summed E-state index contributed by atoms with van der Waals surface area (Å²) in [6.45, 7) is 0. The Bertz CT molecular complexity index is 1080. The molecule has 0 spiro atoms. The van der Waals surface area contributed by atoms with Gasteiger partial charge in [-0.25, -0.2) is 0 Å². The highest BCUT2D eigenvalue weighted by Crippen LogP contribution is 2.56. The van der Waals surface area contributed by atoms with E-state index in [1.54, 1.807) is 0 Å². The largest absolute Gasteiger partial charge is 0.351 e. The van der Waals surface area contributed by atoms with Crippen molar-refractivity contribution in [2.24, 2.45) is 7.05 Å². The fraction of sp³-hybridized carbons (Fsp3) is 0.130. The van der Waals surface area contributed by atoms with Crippen molar-refractivity contribution in [2.45, 2.75) is 11.8 Å². The molecule has 3 aliphatic rings. The molecule has 3 aromatic carbocycles. The van der Waals surface area contributed by atoms with Crippen LogP contribution in [0.2, 0.25) is 0 Å². The molecule has 0 aliphatic heterocycles. The molecule has 1 heteroatoms. The van der Waals surface area contributed by atoms with E-state index in [0.717, 1.165) is 0 Å². The zero-order chi connectivity index (χ0) is 15.8. The van der Waals surface area contributed by atoms with Crippen molar-refractivity contribution >= 4 is 10.9 Å². The topological polar surface area (TPSA) is 4.93 Å². The second-order valence-corrected chi connectivity index (χ2v) is 7.05. The van der Waals surface area contributed by atoms with Gasteiger partial charge in [-0.15, -0.1) is 0 Å². The smallest absolute Gasteiger partial charge is 0.0480 e. The molecular weight excluding hydrogens is 290 g/mol. The summed E-state index contributed by atoms with van der Waals surface area (Å²) in [5.41, 5.74) is 10.3. The molecule has 0 fully saturated rings. The maximum atomic E-state index is 2.36. The first-order chi connectivity index (χ1) is 11.8. The van der Waals surface area contributed by atoms with Crippen LogP contribution in [0.5, 0.6) is 0 Å². The van der Waals surface area contributed by atoms with Gasteiger partial charge in [-0.2, -0.15) is 0 Å². The van der Waals surface area contributed by atoms with Crippen LogP contribution in [0.4, 0.5) is 0 Å². The van der Waals surface area contributed by atoms with Crippen molar-refractivity contribution < 1.29 is 0 Å². The molecule has 0 N–H and O–H groups in total. The quantitative estimate of drug-likeness (QED) is 0.365. The lowest BCUT2D eigenvalue weighted by atomic mass is 9.60. The third kappa shape index (κ3) is 1.33. The number of hydrogen-bond acceptors (Lipinski definition) is 0. The number of fused-ring (bicyclic) bond motifs is 1. The maximum Gasteiger partial charge on any atom is 0.0480 e. The van der Waals surface area contributed by atoms with Gasteiger partial charge in [-0.1, -0.05) is 54.6 Å². The van der Waals surface area contributed by atoms with E-state index in [0.29, 0.717) is 11.8 Å². The Morgan fingerprint density at radius 2 is 1.21 bits per heavy atom. The minimum atomic E-state index is 0.364. The Labute approximate surface area is 141 Å². The van der Waals surface area contributed by atoms with Gasteiger partial charge in [0.15, 0.2) is 0 Å². The summed E-state index contributed by atoms with van der Waals surface area (Å²) in [6, 6.07) is 25.0. The number of aromatic nitrogens is 1. The molecule has 0 amide bonds. The normalized spacial score (nSPS) is 19.9. The van der Waals surface area contributed by atoms with Gasteiger partial charge < -0.3 is 4.57 Å². The van der Waals surface area contributed by atoms with Gasteiger partial charge in [0, 0.05) is 36.0 Å². The minimum Gasteiger partial charge on any atom is -0.351 e. The third-order valence-corrected chi connectivity index (χ3v) is 5.98. The van der Waals surface area contributed by atoms with Crippen molar-refractivity contribution in [1.29, 1.82) is 0 Å². The van der Waals surface area contributed by atoms with Gasteiger partial charge in [0.05, 0.1) is 0 Å². The van der Waals surface area contributed by atoms with Crippen molar-refractivity contribution in [3.63, 3.8) is 0 Å². The molecule has 0 atom stereocenters. The Morgan fingerprint density at radius 3 is 1.83 bits per heavy atom.